The average Bonchev–Trinajstić information content (AvgIpc) is 3.53. The highest BCUT2D eigenvalue weighted by Gasteiger charge is 2.17. The number of hydrogen-bond acceptors (Lipinski definition) is 6. The van der Waals surface area contributed by atoms with Gasteiger partial charge in [0.2, 0.25) is 0 Å². The third-order valence-corrected chi connectivity index (χ3v) is 6.10. The van der Waals surface area contributed by atoms with Gasteiger partial charge in [0.05, 0.1) is 41.3 Å². The molecule has 0 radical (unpaired) electrons. The molecule has 0 saturated carbocycles. The molecule has 4 N–H and O–H groups in total. The molecular formula is C25H23ClN6O3. The van der Waals surface area contributed by atoms with Crippen molar-refractivity contribution in [2.24, 2.45) is 0 Å². The number of H-pyrrole nitrogens is 2. The number of nitrogens with one attached hydrogen (secondary N) is 3. The van der Waals surface area contributed by atoms with Gasteiger partial charge in [-0.2, -0.15) is 0 Å². The van der Waals surface area contributed by atoms with E-state index < -0.39 is 6.10 Å². The Morgan fingerprint density at radius 3 is 2.86 bits per heavy atom. The predicted molar refractivity (Wildman–Crippen MR) is 135 cm³/mol. The van der Waals surface area contributed by atoms with Crippen molar-refractivity contribution in [1.29, 1.82) is 0 Å². The topological polar surface area (TPSA) is 121 Å². The highest BCUT2D eigenvalue weighted by atomic mass is 35.5. The largest absolute Gasteiger partial charge is 0.495 e. The number of aromatic amines is 2. The van der Waals surface area contributed by atoms with E-state index in [4.69, 9.17) is 21.3 Å². The number of nitrogens with zero attached hydrogens (tertiary/aromatic N) is 3. The van der Waals surface area contributed by atoms with E-state index in [-0.39, 0.29) is 12.1 Å². The molecule has 0 fully saturated rings. The molecule has 0 saturated heterocycles. The number of imidazole rings is 2. The number of methoxy groups -OCH3 is 1. The Kier molecular flexibility index (Phi) is 6.02. The number of rotatable bonds is 7. The minimum atomic E-state index is -0.860. The van der Waals surface area contributed by atoms with Crippen LogP contribution in [0.5, 0.6) is 5.75 Å². The smallest absolute Gasteiger partial charge is 0.261 e. The summed E-state index contributed by atoms with van der Waals surface area (Å²) < 4.78 is 7.07. The van der Waals surface area contributed by atoms with E-state index in [1.165, 1.54) is 7.11 Å². The molecule has 2 aromatic carbocycles. The van der Waals surface area contributed by atoms with Crippen LogP contribution in [0.4, 0.5) is 5.69 Å². The van der Waals surface area contributed by atoms with Crippen molar-refractivity contribution in [3.05, 3.63) is 87.8 Å². The lowest BCUT2D eigenvalue weighted by molar-refractivity contribution is 0.191. The molecule has 0 bridgehead atoms. The van der Waals surface area contributed by atoms with Gasteiger partial charge in [0.15, 0.2) is 0 Å². The van der Waals surface area contributed by atoms with Gasteiger partial charge in [-0.25, -0.2) is 9.97 Å². The average molecular weight is 491 g/mol. The van der Waals surface area contributed by atoms with E-state index in [1.54, 1.807) is 43.0 Å². The number of aromatic nitrogens is 5. The van der Waals surface area contributed by atoms with Gasteiger partial charge >= 0.3 is 0 Å². The molecule has 0 aliphatic rings. The summed E-state index contributed by atoms with van der Waals surface area (Å²) in [5.41, 5.74) is 4.68. The molecule has 35 heavy (non-hydrogen) atoms. The fourth-order valence-electron chi connectivity index (χ4n) is 4.03. The molecule has 3 heterocycles. The molecule has 178 valence electrons. The molecule has 0 spiro atoms. The zero-order valence-corrected chi connectivity index (χ0v) is 19.8. The van der Waals surface area contributed by atoms with Crippen LogP contribution in [0.25, 0.3) is 28.1 Å². The van der Waals surface area contributed by atoms with Crippen LogP contribution in [0, 0.1) is 6.92 Å². The molecule has 0 aliphatic heterocycles. The Balaban J connectivity index is 1.46. The maximum absolute atomic E-state index is 12.8. The molecule has 10 heteroatoms. The molecule has 5 rings (SSSR count). The van der Waals surface area contributed by atoms with Gasteiger partial charge in [-0.15, -0.1) is 0 Å². The first-order chi connectivity index (χ1) is 16.9. The fraction of sp³-hybridized carbons (Fsp3) is 0.160. The van der Waals surface area contributed by atoms with E-state index in [2.05, 4.69) is 20.3 Å². The Morgan fingerprint density at radius 1 is 1.26 bits per heavy atom. The molecule has 3 aromatic heterocycles. The summed E-state index contributed by atoms with van der Waals surface area (Å²) in [6.45, 7) is 2.13. The number of halogens is 1. The zero-order chi connectivity index (χ0) is 24.5. The summed E-state index contributed by atoms with van der Waals surface area (Å²) >= 11 is 6.19. The van der Waals surface area contributed by atoms with Crippen LogP contribution in [0.2, 0.25) is 5.02 Å². The van der Waals surface area contributed by atoms with Gasteiger partial charge < -0.3 is 29.7 Å². The first kappa shape index (κ1) is 22.7. The van der Waals surface area contributed by atoms with Gasteiger partial charge in [0, 0.05) is 30.8 Å². The first-order valence-electron chi connectivity index (χ1n) is 10.9. The van der Waals surface area contributed by atoms with Crippen molar-refractivity contribution in [2.75, 3.05) is 19.0 Å². The third-order valence-electron chi connectivity index (χ3n) is 5.81. The van der Waals surface area contributed by atoms with Crippen LogP contribution in [-0.4, -0.2) is 43.3 Å². The number of aryl methyl sites for hydroxylation is 1. The van der Waals surface area contributed by atoms with E-state index in [9.17, 15) is 9.90 Å². The molecule has 5 aromatic rings. The number of aliphatic hydroxyl groups excluding tert-OH is 1. The molecule has 9 nitrogen and oxygen atoms in total. The molecular weight excluding hydrogens is 468 g/mol. The maximum atomic E-state index is 12.8. The quantitative estimate of drug-likeness (QED) is 0.271. The summed E-state index contributed by atoms with van der Waals surface area (Å²) in [4.78, 5) is 27.6. The Hall–Kier alpha value is -4.08. The Bertz CT molecular complexity index is 1560. The number of fused-ring (bicyclic) bond motifs is 1. The molecule has 0 amide bonds. The lowest BCUT2D eigenvalue weighted by atomic mass is 10.1. The summed E-state index contributed by atoms with van der Waals surface area (Å²) in [7, 11) is 1.53. The lowest BCUT2D eigenvalue weighted by Gasteiger charge is -2.15. The van der Waals surface area contributed by atoms with Crippen LogP contribution in [0.1, 0.15) is 17.2 Å². The number of pyridine rings is 1. The van der Waals surface area contributed by atoms with Crippen LogP contribution >= 0.6 is 11.6 Å². The Labute approximate surface area is 205 Å². The molecule has 0 aliphatic carbocycles. The number of anilines is 1. The molecule has 1 atom stereocenters. The second kappa shape index (κ2) is 9.28. The summed E-state index contributed by atoms with van der Waals surface area (Å²) in [6, 6.07) is 10.8. The lowest BCUT2D eigenvalue weighted by Crippen LogP contribution is -2.17. The van der Waals surface area contributed by atoms with Crippen molar-refractivity contribution in [1.82, 2.24) is 24.5 Å². The normalized spacial score (nSPS) is 12.1. The summed E-state index contributed by atoms with van der Waals surface area (Å²) in [5.74, 6) is 0.959. The predicted octanol–water partition coefficient (Wildman–Crippen LogP) is 4.22. The minimum absolute atomic E-state index is 0.156. The molecule has 1 unspecified atom stereocenters. The van der Waals surface area contributed by atoms with Crippen molar-refractivity contribution in [3.8, 4) is 22.8 Å². The second-order valence-corrected chi connectivity index (χ2v) is 8.51. The minimum Gasteiger partial charge on any atom is -0.495 e. The highest BCUT2D eigenvalue weighted by Crippen LogP contribution is 2.30. The van der Waals surface area contributed by atoms with E-state index in [1.807, 2.05) is 29.8 Å². The van der Waals surface area contributed by atoms with Crippen molar-refractivity contribution >= 4 is 28.3 Å². The van der Waals surface area contributed by atoms with E-state index >= 15 is 0 Å². The summed E-state index contributed by atoms with van der Waals surface area (Å²) in [6.07, 6.45) is 6.00. The van der Waals surface area contributed by atoms with Crippen LogP contribution in [0.15, 0.2) is 66.1 Å². The van der Waals surface area contributed by atoms with E-state index in [0.29, 0.717) is 33.4 Å². The van der Waals surface area contributed by atoms with Crippen molar-refractivity contribution in [2.45, 2.75) is 13.0 Å². The fourth-order valence-corrected chi connectivity index (χ4v) is 4.29. The van der Waals surface area contributed by atoms with Crippen LogP contribution in [0.3, 0.4) is 0 Å². The second-order valence-electron chi connectivity index (χ2n) is 8.10. The zero-order valence-electron chi connectivity index (χ0n) is 19.0. The number of benzene rings is 2. The van der Waals surface area contributed by atoms with Gasteiger partial charge in [0.1, 0.15) is 17.1 Å². The standard InChI is InChI=1S/C25H23ClN6O3/c1-14-9-16(32-8-7-27-13-32)11-19-23(14)31-24(30-19)22-18(5-6-28-25(22)34)29-12-20(33)15-3-4-21(35-2)17(26)10-15/h3-11,13,20,33H,12H2,1-2H3,(H,30,31)(H2,28,29,34). The monoisotopic (exact) mass is 490 g/mol. The number of ether oxygens (including phenoxy) is 1. The van der Waals surface area contributed by atoms with E-state index in [0.717, 1.165) is 22.3 Å². The number of aliphatic hydroxyl groups is 1. The highest BCUT2D eigenvalue weighted by molar-refractivity contribution is 6.32. The third kappa shape index (κ3) is 4.39. The van der Waals surface area contributed by atoms with Gasteiger partial charge in [-0.1, -0.05) is 17.7 Å². The maximum Gasteiger partial charge on any atom is 0.261 e. The first-order valence-corrected chi connectivity index (χ1v) is 11.3. The van der Waals surface area contributed by atoms with Gasteiger partial charge in [0.25, 0.3) is 5.56 Å². The van der Waals surface area contributed by atoms with Crippen LogP contribution in [-0.2, 0) is 0 Å². The van der Waals surface area contributed by atoms with Crippen molar-refractivity contribution in [3.63, 3.8) is 0 Å². The van der Waals surface area contributed by atoms with Crippen LogP contribution < -0.4 is 15.6 Å². The van der Waals surface area contributed by atoms with Crippen molar-refractivity contribution < 1.29 is 9.84 Å². The van der Waals surface area contributed by atoms with Gasteiger partial charge in [-0.3, -0.25) is 4.79 Å². The summed E-state index contributed by atoms with van der Waals surface area (Å²) in [5, 5.41) is 14.3. The number of hydrogen-bond donors (Lipinski definition) is 4. The Morgan fingerprint density at radius 2 is 2.11 bits per heavy atom. The van der Waals surface area contributed by atoms with Gasteiger partial charge in [-0.05, 0) is 48.4 Å². The SMILES string of the molecule is COc1ccc(C(O)CNc2cc[nH]c(=O)c2-c2nc3c(C)cc(-n4ccnc4)cc3[nH]2)cc1Cl.